The van der Waals surface area contributed by atoms with E-state index in [0.717, 1.165) is 22.9 Å². The van der Waals surface area contributed by atoms with E-state index in [1.54, 1.807) is 29.7 Å². The van der Waals surface area contributed by atoms with Crippen molar-refractivity contribution in [1.29, 1.82) is 0 Å². The summed E-state index contributed by atoms with van der Waals surface area (Å²) in [6.07, 6.45) is 1.71. The van der Waals surface area contributed by atoms with Crippen molar-refractivity contribution in [2.24, 2.45) is 0 Å². The number of hydrogen-bond acceptors (Lipinski definition) is 4. The van der Waals surface area contributed by atoms with E-state index in [0.29, 0.717) is 0 Å². The maximum absolute atomic E-state index is 11.9. The van der Waals surface area contributed by atoms with Crippen LogP contribution in [0.2, 0.25) is 0 Å². The highest BCUT2D eigenvalue weighted by atomic mass is 32.2. The summed E-state index contributed by atoms with van der Waals surface area (Å²) in [4.78, 5) is 16.0. The summed E-state index contributed by atoms with van der Waals surface area (Å²) >= 11 is 3.43. The minimum absolute atomic E-state index is 0.0821. The molecule has 5 heteroatoms. The highest BCUT2D eigenvalue weighted by molar-refractivity contribution is 8.21. The topological polar surface area (TPSA) is 42.0 Å². The maximum atomic E-state index is 11.9. The zero-order valence-electron chi connectivity index (χ0n) is 7.32. The van der Waals surface area contributed by atoms with E-state index in [9.17, 15) is 4.79 Å². The van der Waals surface area contributed by atoms with Gasteiger partial charge in [0.2, 0.25) is 0 Å². The van der Waals surface area contributed by atoms with Gasteiger partial charge in [-0.3, -0.25) is 4.79 Å². The third-order valence-corrected chi connectivity index (χ3v) is 5.79. The number of nitrogens with one attached hydrogen (secondary N) is 1. The molecule has 3 nitrogen and oxygen atoms in total. The molecule has 0 unspecified atom stereocenters. The molecule has 1 N–H and O–H groups in total. The number of amides is 1. The number of nitrogens with zero attached hydrogens (tertiary/aromatic N) is 1. The molecule has 0 radical (unpaired) electrons. The molecule has 1 saturated heterocycles. The molecule has 3 heterocycles. The largest absolute Gasteiger partial charge is 0.308 e. The molecular weight excluding hydrogens is 216 g/mol. The van der Waals surface area contributed by atoms with Gasteiger partial charge in [0.25, 0.3) is 5.91 Å². The van der Waals surface area contributed by atoms with Gasteiger partial charge in [-0.2, -0.15) is 0 Å². The van der Waals surface area contributed by atoms with E-state index in [-0.39, 0.29) is 5.91 Å². The highest BCUT2D eigenvalue weighted by Gasteiger charge is 2.50. The lowest BCUT2D eigenvalue weighted by Crippen LogP contribution is -2.24. The average Bonchev–Trinajstić information content (AvgIpc) is 2.77. The van der Waals surface area contributed by atoms with Crippen LogP contribution in [0.3, 0.4) is 0 Å². The Kier molecular flexibility index (Phi) is 1.79. The molecule has 0 aliphatic carbocycles. The van der Waals surface area contributed by atoms with Gasteiger partial charge in [-0.25, -0.2) is 4.98 Å². The number of fused-ring (bicyclic) bond motifs is 2. The van der Waals surface area contributed by atoms with Crippen LogP contribution < -0.4 is 5.32 Å². The van der Waals surface area contributed by atoms with Gasteiger partial charge in [0.15, 0.2) is 4.08 Å². The molecule has 3 rings (SSSR count). The van der Waals surface area contributed by atoms with Crippen LogP contribution in [0.4, 0.5) is 5.82 Å². The molecule has 0 bridgehead atoms. The van der Waals surface area contributed by atoms with Gasteiger partial charge in [0.1, 0.15) is 5.82 Å². The lowest BCUT2D eigenvalue weighted by molar-refractivity contribution is -0.116. The summed E-state index contributed by atoms with van der Waals surface area (Å²) < 4.78 is -0.399. The fourth-order valence-corrected chi connectivity index (χ4v) is 4.86. The molecule has 2 aliphatic heterocycles. The minimum atomic E-state index is -0.399. The molecule has 72 valence electrons. The summed E-state index contributed by atoms with van der Waals surface area (Å²) in [6, 6.07) is 3.88. The van der Waals surface area contributed by atoms with Gasteiger partial charge in [0.05, 0.1) is 0 Å². The zero-order chi connectivity index (χ0) is 9.60. The lowest BCUT2D eigenvalue weighted by Gasteiger charge is -2.17. The number of aromatic nitrogens is 1. The fraction of sp³-hybridized carbons (Fsp3) is 0.333. The Morgan fingerprint density at radius 1 is 1.43 bits per heavy atom. The van der Waals surface area contributed by atoms with Gasteiger partial charge in [-0.05, 0) is 6.07 Å². The van der Waals surface area contributed by atoms with E-state index in [4.69, 9.17) is 0 Å². The summed E-state index contributed by atoms with van der Waals surface area (Å²) in [7, 11) is 0. The Labute approximate surface area is 90.1 Å². The first kappa shape index (κ1) is 8.61. The number of rotatable bonds is 0. The molecule has 1 fully saturated rings. The Balaban J connectivity index is 2.18. The third kappa shape index (κ3) is 0.966. The van der Waals surface area contributed by atoms with E-state index < -0.39 is 4.08 Å². The second-order valence-electron chi connectivity index (χ2n) is 3.17. The molecule has 0 atom stereocenters. The van der Waals surface area contributed by atoms with Gasteiger partial charge >= 0.3 is 0 Å². The van der Waals surface area contributed by atoms with E-state index >= 15 is 0 Å². The van der Waals surface area contributed by atoms with Crippen molar-refractivity contribution in [2.45, 2.75) is 4.08 Å². The minimum Gasteiger partial charge on any atom is -0.308 e. The van der Waals surface area contributed by atoms with E-state index in [1.165, 1.54) is 0 Å². The monoisotopic (exact) mass is 224 g/mol. The second-order valence-corrected chi connectivity index (χ2v) is 6.04. The number of hydrogen-bond donors (Lipinski definition) is 1. The van der Waals surface area contributed by atoms with Gasteiger partial charge in [-0.15, -0.1) is 23.5 Å². The second kappa shape index (κ2) is 2.90. The Bertz CT molecular complexity index is 402. The van der Waals surface area contributed by atoms with E-state index in [1.807, 2.05) is 12.1 Å². The van der Waals surface area contributed by atoms with Gasteiger partial charge < -0.3 is 5.32 Å². The number of pyridine rings is 1. The summed E-state index contributed by atoms with van der Waals surface area (Å²) in [5.41, 5.74) is 1.04. The van der Waals surface area contributed by atoms with Gasteiger partial charge in [0, 0.05) is 23.3 Å². The molecule has 0 saturated carbocycles. The summed E-state index contributed by atoms with van der Waals surface area (Å²) in [6.45, 7) is 0. The number of carbonyl (C=O) groups is 1. The molecule has 1 aromatic rings. The summed E-state index contributed by atoms with van der Waals surface area (Å²) in [5.74, 6) is 2.89. The SMILES string of the molecule is O=C1Nc2ncccc2C12SCCS2. The predicted octanol–water partition coefficient (Wildman–Crippen LogP) is 1.67. The Hall–Kier alpha value is -0.680. The van der Waals surface area contributed by atoms with Crippen LogP contribution in [0.5, 0.6) is 0 Å². The van der Waals surface area contributed by atoms with Crippen LogP contribution in [-0.2, 0) is 8.87 Å². The molecule has 1 aromatic heterocycles. The maximum Gasteiger partial charge on any atom is 0.256 e. The van der Waals surface area contributed by atoms with Crippen molar-refractivity contribution in [2.75, 3.05) is 16.8 Å². The quantitative estimate of drug-likeness (QED) is 0.728. The Morgan fingerprint density at radius 3 is 3.00 bits per heavy atom. The number of carbonyl (C=O) groups excluding carboxylic acids is 1. The van der Waals surface area contributed by atoms with Crippen molar-refractivity contribution in [1.82, 2.24) is 4.98 Å². The first-order valence-corrected chi connectivity index (χ1v) is 6.35. The van der Waals surface area contributed by atoms with Crippen LogP contribution >= 0.6 is 23.5 Å². The van der Waals surface area contributed by atoms with E-state index in [2.05, 4.69) is 10.3 Å². The van der Waals surface area contributed by atoms with Crippen molar-refractivity contribution < 1.29 is 4.79 Å². The molecule has 1 amide bonds. The zero-order valence-corrected chi connectivity index (χ0v) is 8.95. The molecular formula is C9H8N2OS2. The van der Waals surface area contributed by atoms with Crippen molar-refractivity contribution in [3.05, 3.63) is 23.9 Å². The van der Waals surface area contributed by atoms with Gasteiger partial charge in [-0.1, -0.05) is 6.07 Å². The average molecular weight is 224 g/mol. The first-order valence-electron chi connectivity index (χ1n) is 4.38. The smallest absolute Gasteiger partial charge is 0.256 e. The number of anilines is 1. The standard InChI is InChI=1S/C9H8N2OS2/c12-8-9(13-4-5-14-9)6-2-1-3-10-7(6)11-8/h1-3H,4-5H2,(H,10,11,12). The van der Waals surface area contributed by atoms with Crippen molar-refractivity contribution in [3.8, 4) is 0 Å². The molecule has 2 aliphatic rings. The van der Waals surface area contributed by atoms with Crippen LogP contribution in [0, 0.1) is 0 Å². The molecule has 1 spiro atoms. The Morgan fingerprint density at radius 2 is 2.21 bits per heavy atom. The van der Waals surface area contributed by atoms with Crippen LogP contribution in [0.1, 0.15) is 5.56 Å². The predicted molar refractivity (Wildman–Crippen MR) is 59.5 cm³/mol. The summed E-state index contributed by atoms with van der Waals surface area (Å²) in [5, 5.41) is 2.84. The third-order valence-electron chi connectivity index (χ3n) is 2.39. The van der Waals surface area contributed by atoms with Crippen molar-refractivity contribution in [3.63, 3.8) is 0 Å². The normalized spacial score (nSPS) is 22.4. The molecule has 0 aromatic carbocycles. The molecule has 14 heavy (non-hydrogen) atoms. The lowest BCUT2D eigenvalue weighted by atomic mass is 10.2. The highest BCUT2D eigenvalue weighted by Crippen LogP contribution is 2.56. The first-order chi connectivity index (χ1) is 6.83. The fourth-order valence-electron chi connectivity index (χ4n) is 1.78. The van der Waals surface area contributed by atoms with Crippen molar-refractivity contribution >= 4 is 35.2 Å². The van der Waals surface area contributed by atoms with Crippen LogP contribution in [-0.4, -0.2) is 22.4 Å². The van der Waals surface area contributed by atoms with Crippen LogP contribution in [0.25, 0.3) is 0 Å². The van der Waals surface area contributed by atoms with Crippen LogP contribution in [0.15, 0.2) is 18.3 Å². The number of thioether (sulfide) groups is 2.